The molecule has 1 aliphatic heterocycles. The largest absolute Gasteiger partial charge is 0.493 e. The van der Waals surface area contributed by atoms with E-state index in [9.17, 15) is 0 Å². The first kappa shape index (κ1) is 19.9. The highest BCUT2D eigenvalue weighted by atomic mass is 35.5. The Balaban J connectivity index is 1.68. The number of hydrogen-bond acceptors (Lipinski definition) is 4. The van der Waals surface area contributed by atoms with Gasteiger partial charge in [-0.3, -0.25) is 0 Å². The summed E-state index contributed by atoms with van der Waals surface area (Å²) in [5.74, 6) is 2.31. The number of nitrogens with zero attached hydrogens (tertiary/aromatic N) is 2. The number of aryl methyl sites for hydroxylation is 1. The molecule has 0 radical (unpaired) electrons. The molecule has 29 heavy (non-hydrogen) atoms. The number of ether oxygens (including phenoxy) is 2. The van der Waals surface area contributed by atoms with Crippen LogP contribution in [0.4, 0.5) is 5.95 Å². The van der Waals surface area contributed by atoms with Gasteiger partial charge >= 0.3 is 0 Å². The number of aromatic nitrogens is 2. The Kier molecular flexibility index (Phi) is 5.61. The number of hydrogen-bond donors (Lipinski definition) is 1. The van der Waals surface area contributed by atoms with E-state index < -0.39 is 0 Å². The van der Waals surface area contributed by atoms with Crippen molar-refractivity contribution >= 4 is 29.2 Å². The lowest BCUT2D eigenvalue weighted by atomic mass is 10.0. The molecule has 1 aliphatic rings. The number of halogens is 2. The first-order chi connectivity index (χ1) is 14.0. The minimum Gasteiger partial charge on any atom is -0.493 e. The molecule has 0 bridgehead atoms. The molecule has 5 nitrogen and oxygen atoms in total. The predicted octanol–water partition coefficient (Wildman–Crippen LogP) is 5.99. The van der Waals surface area contributed by atoms with E-state index in [4.69, 9.17) is 32.7 Å². The van der Waals surface area contributed by atoms with Crippen LogP contribution < -0.4 is 14.8 Å². The van der Waals surface area contributed by atoms with Crippen LogP contribution in [-0.2, 0) is 13.0 Å². The van der Waals surface area contributed by atoms with Gasteiger partial charge in [0.1, 0.15) is 0 Å². The van der Waals surface area contributed by atoms with Crippen LogP contribution in [0.3, 0.4) is 0 Å². The van der Waals surface area contributed by atoms with Crippen molar-refractivity contribution in [2.24, 2.45) is 0 Å². The third-order valence-corrected chi connectivity index (χ3v) is 6.10. The van der Waals surface area contributed by atoms with Crippen LogP contribution in [0.5, 0.6) is 11.5 Å². The quantitative estimate of drug-likeness (QED) is 0.538. The van der Waals surface area contributed by atoms with Gasteiger partial charge in [-0.1, -0.05) is 29.3 Å². The van der Waals surface area contributed by atoms with Crippen LogP contribution in [-0.4, -0.2) is 23.8 Å². The van der Waals surface area contributed by atoms with E-state index in [-0.39, 0.29) is 6.04 Å². The van der Waals surface area contributed by atoms with Gasteiger partial charge in [0.2, 0.25) is 5.95 Å². The standard InChI is InChI=1S/C22H23Cl2N3O2/c1-13(14-6-7-17(23)18(24)9-14)26-22-25-12-19-16-11-21(29-3)20(28-2)10-15(16)5-4-8-27(19)22/h6-7,9-13H,4-5,8H2,1-3H3,(H,25,26). The molecule has 0 aliphatic carbocycles. The molecule has 152 valence electrons. The van der Waals surface area contributed by atoms with Crippen molar-refractivity contribution in [2.45, 2.75) is 32.4 Å². The number of methoxy groups -OCH3 is 2. The summed E-state index contributed by atoms with van der Waals surface area (Å²) in [5, 5.41) is 4.62. The zero-order chi connectivity index (χ0) is 20.5. The van der Waals surface area contributed by atoms with Gasteiger partial charge in [-0.15, -0.1) is 0 Å². The third kappa shape index (κ3) is 3.77. The van der Waals surface area contributed by atoms with Gasteiger partial charge in [-0.2, -0.15) is 0 Å². The van der Waals surface area contributed by atoms with Crippen molar-refractivity contribution in [3.63, 3.8) is 0 Å². The second-order valence-electron chi connectivity index (χ2n) is 7.13. The number of rotatable bonds is 5. The molecule has 3 aromatic rings. The van der Waals surface area contributed by atoms with Crippen molar-refractivity contribution < 1.29 is 9.47 Å². The lowest BCUT2D eigenvalue weighted by Gasteiger charge is -2.18. The van der Waals surface area contributed by atoms with E-state index in [0.29, 0.717) is 10.0 Å². The Morgan fingerprint density at radius 1 is 1.07 bits per heavy atom. The lowest BCUT2D eigenvalue weighted by Crippen LogP contribution is -2.12. The maximum absolute atomic E-state index is 6.18. The molecule has 1 N–H and O–H groups in total. The fourth-order valence-corrected chi connectivity index (χ4v) is 4.09. The van der Waals surface area contributed by atoms with E-state index >= 15 is 0 Å². The smallest absolute Gasteiger partial charge is 0.203 e. The summed E-state index contributed by atoms with van der Waals surface area (Å²) < 4.78 is 13.2. The first-order valence-electron chi connectivity index (χ1n) is 9.54. The summed E-state index contributed by atoms with van der Waals surface area (Å²) in [4.78, 5) is 4.66. The zero-order valence-electron chi connectivity index (χ0n) is 16.6. The second-order valence-corrected chi connectivity index (χ2v) is 7.94. The SMILES string of the molecule is COc1cc2c(cc1OC)-c1cnc(NC(C)c3ccc(Cl)c(Cl)c3)n1CCC2. The van der Waals surface area contributed by atoms with Gasteiger partial charge in [0.05, 0.1) is 42.2 Å². The maximum atomic E-state index is 6.18. The Bertz CT molecular complexity index is 1050. The number of benzene rings is 2. The molecule has 0 spiro atoms. The van der Waals surface area contributed by atoms with Crippen LogP contribution in [0.1, 0.15) is 30.5 Å². The van der Waals surface area contributed by atoms with E-state index in [1.54, 1.807) is 14.2 Å². The van der Waals surface area contributed by atoms with Crippen LogP contribution in [0.15, 0.2) is 36.5 Å². The summed E-state index contributed by atoms with van der Waals surface area (Å²) in [6.45, 7) is 2.96. The van der Waals surface area contributed by atoms with Crippen molar-refractivity contribution in [1.82, 2.24) is 9.55 Å². The Labute approximate surface area is 180 Å². The zero-order valence-corrected chi connectivity index (χ0v) is 18.1. The summed E-state index contributed by atoms with van der Waals surface area (Å²) in [5.41, 5.74) is 4.49. The van der Waals surface area contributed by atoms with Gasteiger partial charge in [0.15, 0.2) is 11.5 Å². The normalized spacial score (nSPS) is 13.8. The average Bonchev–Trinajstić information content (AvgIpc) is 3.02. The number of fused-ring (bicyclic) bond motifs is 3. The summed E-state index contributed by atoms with van der Waals surface area (Å²) in [6.07, 6.45) is 3.90. The van der Waals surface area contributed by atoms with Crippen molar-refractivity contribution in [3.05, 3.63) is 57.7 Å². The third-order valence-electron chi connectivity index (χ3n) is 5.36. The molecule has 2 heterocycles. The van der Waals surface area contributed by atoms with Crippen molar-refractivity contribution in [2.75, 3.05) is 19.5 Å². The molecular formula is C22H23Cl2N3O2. The second kappa shape index (κ2) is 8.17. The van der Waals surface area contributed by atoms with Gasteiger partial charge in [-0.25, -0.2) is 4.98 Å². The molecule has 1 aromatic heterocycles. The number of imidazole rings is 1. The summed E-state index contributed by atoms with van der Waals surface area (Å²) in [6, 6.07) is 9.83. The van der Waals surface area contributed by atoms with Gasteiger partial charge in [-0.05, 0) is 55.2 Å². The highest BCUT2D eigenvalue weighted by Crippen LogP contribution is 2.39. The molecular weight excluding hydrogens is 409 g/mol. The fraction of sp³-hybridized carbons (Fsp3) is 0.318. The van der Waals surface area contributed by atoms with Gasteiger partial charge in [0, 0.05) is 12.1 Å². The molecule has 0 fully saturated rings. The van der Waals surface area contributed by atoms with E-state index in [1.165, 1.54) is 5.56 Å². The first-order valence-corrected chi connectivity index (χ1v) is 10.3. The highest BCUT2D eigenvalue weighted by Gasteiger charge is 2.22. The molecule has 0 saturated carbocycles. The number of anilines is 1. The van der Waals surface area contributed by atoms with Crippen molar-refractivity contribution in [3.8, 4) is 22.8 Å². The summed E-state index contributed by atoms with van der Waals surface area (Å²) >= 11 is 12.2. The Hall–Kier alpha value is -2.37. The summed E-state index contributed by atoms with van der Waals surface area (Å²) in [7, 11) is 3.32. The van der Waals surface area contributed by atoms with Crippen LogP contribution >= 0.6 is 23.2 Å². The topological polar surface area (TPSA) is 48.3 Å². The minimum atomic E-state index is 0.0318. The molecule has 0 amide bonds. The maximum Gasteiger partial charge on any atom is 0.203 e. The number of nitrogens with one attached hydrogen (secondary N) is 1. The monoisotopic (exact) mass is 431 g/mol. The molecule has 2 aromatic carbocycles. The van der Waals surface area contributed by atoms with E-state index in [0.717, 1.165) is 53.7 Å². The fourth-order valence-electron chi connectivity index (χ4n) is 3.78. The average molecular weight is 432 g/mol. The van der Waals surface area contributed by atoms with Crippen LogP contribution in [0.25, 0.3) is 11.3 Å². The lowest BCUT2D eigenvalue weighted by molar-refractivity contribution is 0.354. The molecule has 1 atom stereocenters. The molecule has 7 heteroatoms. The minimum absolute atomic E-state index is 0.0318. The molecule has 1 unspecified atom stereocenters. The molecule has 0 saturated heterocycles. The van der Waals surface area contributed by atoms with E-state index in [2.05, 4.69) is 27.9 Å². The van der Waals surface area contributed by atoms with Gasteiger partial charge < -0.3 is 19.4 Å². The Morgan fingerprint density at radius 3 is 2.55 bits per heavy atom. The Morgan fingerprint density at radius 2 is 1.83 bits per heavy atom. The highest BCUT2D eigenvalue weighted by molar-refractivity contribution is 6.42. The van der Waals surface area contributed by atoms with Gasteiger partial charge in [0.25, 0.3) is 0 Å². The molecule has 4 rings (SSSR count). The van der Waals surface area contributed by atoms with Crippen LogP contribution in [0, 0.1) is 0 Å². The van der Waals surface area contributed by atoms with Crippen molar-refractivity contribution in [1.29, 1.82) is 0 Å². The van der Waals surface area contributed by atoms with E-state index in [1.807, 2.05) is 30.5 Å². The predicted molar refractivity (Wildman–Crippen MR) is 118 cm³/mol. The van der Waals surface area contributed by atoms with Crippen LogP contribution in [0.2, 0.25) is 10.0 Å².